The minimum absolute atomic E-state index is 0.0406. The van der Waals surface area contributed by atoms with Gasteiger partial charge in [0.15, 0.2) is 0 Å². The van der Waals surface area contributed by atoms with Crippen LogP contribution in [0.2, 0.25) is 30.1 Å². The molecule has 0 bridgehead atoms. The summed E-state index contributed by atoms with van der Waals surface area (Å²) in [6.07, 6.45) is 1.75. The molecule has 8 unspecified atom stereocenters. The SMILES string of the molecule is CN1CC2c3ccccc3Oc3ccc(Cl)cc3C2C1=O.CNCC1c2ccccc2Oc2ccc(Cl)cc2C1C(=O)O.COC(=O)C1=Cc2ccccc2Oc2ccc(Cl)cc21.COC(=O)C1c2cc(Cl)ccc2Oc2ccccc2C1CN.COC(=O)[C@H]1c2cc(Cl)ccc2Oc2ccccc2[C@@H]1C[N+](=O)[O-].O=C1NCC2c3ccccc3Oc3ccc(Cl)cc3C12. The topological polar surface area (TPSA) is 302 Å². The van der Waals surface area contributed by atoms with Crippen LogP contribution >= 0.6 is 69.6 Å². The summed E-state index contributed by atoms with van der Waals surface area (Å²) in [5.74, 6) is 2.20. The van der Waals surface area contributed by atoms with Gasteiger partial charge in [-0.1, -0.05) is 179 Å². The number of nitrogens with zero attached hydrogens (tertiary/aromatic N) is 2. The van der Waals surface area contributed by atoms with Crippen molar-refractivity contribution in [2.45, 2.75) is 59.2 Å². The van der Waals surface area contributed by atoms with E-state index in [2.05, 4.69) is 10.6 Å². The van der Waals surface area contributed by atoms with Gasteiger partial charge in [-0.2, -0.15) is 0 Å². The van der Waals surface area contributed by atoms with E-state index in [-0.39, 0.29) is 53.3 Å². The lowest BCUT2D eigenvalue weighted by molar-refractivity contribution is -0.483. The molecular formula is C100H83Cl6N5O18. The second-order valence-electron chi connectivity index (χ2n) is 31.0. The van der Waals surface area contributed by atoms with E-state index in [4.69, 9.17) is 118 Å². The number of carbonyl (C=O) groups excluding carboxylic acids is 5. The van der Waals surface area contributed by atoms with Crippen molar-refractivity contribution in [3.8, 4) is 69.0 Å². The molecule has 0 aliphatic carbocycles. The van der Waals surface area contributed by atoms with Gasteiger partial charge in [0, 0.05) is 159 Å². The van der Waals surface area contributed by atoms with E-state index in [9.17, 15) is 44.0 Å². The second-order valence-corrected chi connectivity index (χ2v) is 33.6. The van der Waals surface area contributed by atoms with E-state index >= 15 is 0 Å². The van der Waals surface area contributed by atoms with Gasteiger partial charge in [0.1, 0.15) is 69.0 Å². The Balaban J connectivity index is 0.000000119. The van der Waals surface area contributed by atoms with Crippen molar-refractivity contribution in [1.29, 1.82) is 0 Å². The fourth-order valence-corrected chi connectivity index (χ4v) is 18.7. The number of likely N-dealkylation sites (tertiary alicyclic amines) is 1. The molecule has 8 aliphatic rings. The molecule has 2 fully saturated rings. The summed E-state index contributed by atoms with van der Waals surface area (Å²) < 4.78 is 50.5. The molecule has 0 aromatic heterocycles. The molecule has 8 heterocycles. The van der Waals surface area contributed by atoms with Crippen LogP contribution in [0.15, 0.2) is 255 Å². The number of methoxy groups -OCH3 is 3. The van der Waals surface area contributed by atoms with Crippen molar-refractivity contribution in [3.63, 3.8) is 0 Å². The van der Waals surface area contributed by atoms with Crippen LogP contribution in [0.3, 0.4) is 0 Å². The summed E-state index contributed by atoms with van der Waals surface area (Å²) in [5.41, 5.74) is 15.9. The van der Waals surface area contributed by atoms with Crippen LogP contribution < -0.4 is 44.8 Å². The lowest BCUT2D eigenvalue weighted by Gasteiger charge is -2.23. The smallest absolute Gasteiger partial charge is 0.338 e. The Kier molecular flexibility index (Phi) is 28.3. The number of nitro groups is 1. The number of esters is 3. The summed E-state index contributed by atoms with van der Waals surface area (Å²) in [6.45, 7) is 1.74. The van der Waals surface area contributed by atoms with Gasteiger partial charge in [-0.15, -0.1) is 0 Å². The van der Waals surface area contributed by atoms with Crippen LogP contribution in [0, 0.1) is 10.1 Å². The number of ether oxygens (including phenoxy) is 9. The monoisotopic (exact) mass is 1850 g/mol. The maximum Gasteiger partial charge on any atom is 0.338 e. The molecule has 12 aromatic rings. The standard InChI is InChI=1S/C17H14ClNO5.2C17H16ClNO3.C17H14ClNO2.C16H12ClNO2.C16H11ClO3/c1-23-17(20)16-12-8-10(18)6-7-15(12)24-14-5-3-2-4-11(14)13(16)9-19(21)22;1-21-17(20)16-12-8-10(18)6-7-15(12)22-14-5-3-2-4-11(14)13(16)9-19;1-19-9-13-11-4-2-3-5-14(11)22-15-7-6-10(18)8-12(15)16(13)17(20)21;1-19-9-13-11-4-2-3-5-14(11)21-15-7-6-10(18)8-12(15)16(13)17(19)20;17-9-5-6-14-11(7-9)15-12(8-18-16(15)19)10-3-1-2-4-13(10)20-14;1-19-16(18)13-8-10-4-2-3-5-14(10)20-15-7-6-11(17)9-12(13)15/h2-8,13,16H,9H2,1H3;2-8,13,16H,9,19H2,1H3;2-8,13,16,19H,9H2,1H3,(H,20,21);2-8,13,16H,9H2,1H3;1-7,12,15H,8H2,(H,18,19);2-9H,1H3/t13-,16-;;;;;/m0...../s1. The molecule has 129 heavy (non-hydrogen) atoms. The molecule has 29 heteroatoms. The van der Waals surface area contributed by atoms with Crippen molar-refractivity contribution < 1.29 is 81.4 Å². The number of carboxylic acids is 1. The molecule has 658 valence electrons. The first-order valence-corrected chi connectivity index (χ1v) is 43.2. The number of rotatable bonds is 9. The maximum atomic E-state index is 12.6. The molecular weight excluding hydrogens is 1770 g/mol. The highest BCUT2D eigenvalue weighted by Gasteiger charge is 2.47. The summed E-state index contributed by atoms with van der Waals surface area (Å²) in [7, 11) is 7.65. The minimum Gasteiger partial charge on any atom is -0.481 e. The highest BCUT2D eigenvalue weighted by atomic mass is 35.5. The molecule has 2 amide bonds. The average molecular weight is 1860 g/mol. The van der Waals surface area contributed by atoms with Crippen molar-refractivity contribution in [2.24, 2.45) is 5.73 Å². The Bertz CT molecular complexity index is 6370. The molecule has 10 atom stereocenters. The molecule has 0 radical (unpaired) electrons. The number of para-hydroxylation sites is 6. The molecule has 0 saturated carbocycles. The fraction of sp³-hybridized carbons (Fsp3) is 0.200. The molecule has 2 saturated heterocycles. The van der Waals surface area contributed by atoms with Gasteiger partial charge in [-0.05, 0) is 159 Å². The Morgan fingerprint density at radius 3 is 1.25 bits per heavy atom. The largest absolute Gasteiger partial charge is 0.481 e. The van der Waals surface area contributed by atoms with Gasteiger partial charge in [-0.25, -0.2) is 4.79 Å². The predicted octanol–water partition coefficient (Wildman–Crippen LogP) is 22.2. The van der Waals surface area contributed by atoms with Crippen molar-refractivity contribution in [3.05, 3.63) is 362 Å². The summed E-state index contributed by atoms with van der Waals surface area (Å²) in [6, 6.07) is 76.9. The highest BCUT2D eigenvalue weighted by molar-refractivity contribution is 6.33. The van der Waals surface area contributed by atoms with E-state index in [0.717, 1.165) is 56.2 Å². The van der Waals surface area contributed by atoms with Crippen LogP contribution in [0.5, 0.6) is 69.0 Å². The fourth-order valence-electron chi connectivity index (χ4n) is 17.6. The predicted molar refractivity (Wildman–Crippen MR) is 492 cm³/mol. The molecule has 12 aromatic carbocycles. The van der Waals surface area contributed by atoms with Crippen LogP contribution in [0.1, 0.15) is 126 Å². The van der Waals surface area contributed by atoms with Gasteiger partial charge in [-0.3, -0.25) is 34.1 Å². The number of nitrogens with one attached hydrogen (secondary N) is 2. The molecule has 23 nitrogen and oxygen atoms in total. The lowest BCUT2D eigenvalue weighted by atomic mass is 9.81. The first kappa shape index (κ1) is 90.8. The number of likely N-dealkylation sites (N-methyl/N-ethyl adjacent to an activating group) is 2. The van der Waals surface area contributed by atoms with Gasteiger partial charge in [0.25, 0.3) is 0 Å². The number of benzene rings is 12. The number of halogens is 6. The zero-order chi connectivity index (χ0) is 91.0. The minimum atomic E-state index is -0.885. The number of nitrogens with two attached hydrogens (primary N) is 1. The maximum absolute atomic E-state index is 12.6. The Labute approximate surface area is 772 Å². The van der Waals surface area contributed by atoms with Gasteiger partial charge >= 0.3 is 23.9 Å². The second kappa shape index (κ2) is 40.2. The van der Waals surface area contributed by atoms with Crippen LogP contribution in [-0.4, -0.2) is 119 Å². The number of aliphatic carboxylic acids is 1. The average Bonchev–Trinajstić information content (AvgIpc) is 1.62. The number of carboxylic acid groups (broad SMARTS) is 1. The lowest BCUT2D eigenvalue weighted by Crippen LogP contribution is -2.27. The van der Waals surface area contributed by atoms with E-state index in [1.165, 1.54) is 21.3 Å². The molecule has 8 aliphatic heterocycles. The van der Waals surface area contributed by atoms with E-state index in [0.29, 0.717) is 141 Å². The quantitative estimate of drug-likeness (QED) is 0.0452. The van der Waals surface area contributed by atoms with E-state index in [1.54, 1.807) is 120 Å². The number of carbonyl (C=O) groups is 6. The number of amides is 2. The third-order valence-corrected chi connectivity index (χ3v) is 24.8. The third kappa shape index (κ3) is 19.4. The summed E-state index contributed by atoms with van der Waals surface area (Å²) in [5, 5.41) is 30.3. The van der Waals surface area contributed by atoms with E-state index in [1.807, 2.05) is 160 Å². The first-order valence-electron chi connectivity index (χ1n) is 40.9. The van der Waals surface area contributed by atoms with Gasteiger partial charge in [0.2, 0.25) is 18.4 Å². The zero-order valence-corrected chi connectivity index (χ0v) is 74.3. The highest BCUT2D eigenvalue weighted by Crippen LogP contribution is 2.55. The van der Waals surface area contributed by atoms with Gasteiger partial charge < -0.3 is 69.0 Å². The van der Waals surface area contributed by atoms with Crippen molar-refractivity contribution >= 4 is 117 Å². The van der Waals surface area contributed by atoms with Crippen LogP contribution in [-0.2, 0) is 43.0 Å². The Morgan fingerprint density at radius 1 is 0.450 bits per heavy atom. The normalized spacial score (nSPS) is 19.3. The van der Waals surface area contributed by atoms with Gasteiger partial charge in [0.05, 0.1) is 62.4 Å². The van der Waals surface area contributed by atoms with Crippen molar-refractivity contribution in [1.82, 2.24) is 15.5 Å². The van der Waals surface area contributed by atoms with E-state index < -0.39 is 53.0 Å². The zero-order valence-electron chi connectivity index (χ0n) is 69.8. The third-order valence-electron chi connectivity index (χ3n) is 23.4. The Hall–Kier alpha value is -12.9. The van der Waals surface area contributed by atoms with Crippen LogP contribution in [0.4, 0.5) is 0 Å². The van der Waals surface area contributed by atoms with Crippen molar-refractivity contribution in [2.75, 3.05) is 68.1 Å². The molecule has 5 N–H and O–H groups in total. The number of hydrogen-bond acceptors (Lipinski definition) is 19. The molecule has 0 spiro atoms. The molecule has 20 rings (SSSR count). The first-order chi connectivity index (χ1) is 62.3. The number of hydrogen-bond donors (Lipinski definition) is 4. The number of fused-ring (bicyclic) bond motifs is 18. The van der Waals surface area contributed by atoms with Crippen LogP contribution in [0.25, 0.3) is 11.6 Å². The Morgan fingerprint density at radius 2 is 0.806 bits per heavy atom. The summed E-state index contributed by atoms with van der Waals surface area (Å²) >= 11 is 36.5. The summed E-state index contributed by atoms with van der Waals surface area (Å²) in [4.78, 5) is 86.2.